The Morgan fingerprint density at radius 2 is 2.14 bits per heavy atom. The first-order chi connectivity index (χ1) is 17.4. The highest BCUT2D eigenvalue weighted by Gasteiger charge is 2.37. The maximum Gasteiger partial charge on any atom is 0.310 e. The van der Waals surface area contributed by atoms with Gasteiger partial charge >= 0.3 is 5.91 Å². The van der Waals surface area contributed by atoms with Gasteiger partial charge in [-0.15, -0.1) is 11.3 Å². The SMILES string of the molecule is Cc1ccc(-c2csc(CNC(=O)[C@@H]3CCCN(C(=O)c4nc5cc(C#N)ccc5o4)[C@@H]3C)n2)cn1. The van der Waals surface area contributed by atoms with Crippen LogP contribution in [0.2, 0.25) is 0 Å². The predicted molar refractivity (Wildman–Crippen MR) is 134 cm³/mol. The van der Waals surface area contributed by atoms with Crippen molar-refractivity contribution in [3.05, 3.63) is 64.1 Å². The van der Waals surface area contributed by atoms with Crippen molar-refractivity contribution in [3.63, 3.8) is 0 Å². The number of carbonyl (C=O) groups excluding carboxylic acids is 2. The van der Waals surface area contributed by atoms with Crippen LogP contribution in [-0.2, 0) is 11.3 Å². The second kappa shape index (κ2) is 9.87. The van der Waals surface area contributed by atoms with Gasteiger partial charge in [-0.25, -0.2) is 9.97 Å². The van der Waals surface area contributed by atoms with Crippen molar-refractivity contribution in [1.82, 2.24) is 25.2 Å². The molecule has 3 aromatic heterocycles. The minimum Gasteiger partial charge on any atom is -0.432 e. The lowest BCUT2D eigenvalue weighted by Crippen LogP contribution is -2.51. The summed E-state index contributed by atoms with van der Waals surface area (Å²) >= 11 is 1.49. The average Bonchev–Trinajstić information content (AvgIpc) is 3.54. The zero-order chi connectivity index (χ0) is 25.2. The third-order valence-electron chi connectivity index (χ3n) is 6.46. The van der Waals surface area contributed by atoms with E-state index in [2.05, 4.69) is 26.3 Å². The first-order valence-corrected chi connectivity index (χ1v) is 12.6. The zero-order valence-corrected chi connectivity index (χ0v) is 20.7. The normalized spacial score (nSPS) is 17.6. The Hall–Kier alpha value is -4.10. The molecule has 2 atom stereocenters. The smallest absolute Gasteiger partial charge is 0.310 e. The average molecular weight is 501 g/mol. The number of amides is 2. The van der Waals surface area contributed by atoms with Gasteiger partial charge in [0.15, 0.2) is 5.58 Å². The molecule has 0 unspecified atom stereocenters. The molecule has 0 radical (unpaired) electrons. The van der Waals surface area contributed by atoms with Crippen LogP contribution < -0.4 is 5.32 Å². The Kier molecular flexibility index (Phi) is 6.48. The number of thiazole rings is 1. The number of hydrogen-bond acceptors (Lipinski definition) is 8. The Balaban J connectivity index is 1.23. The molecule has 1 fully saturated rings. The van der Waals surface area contributed by atoms with Crippen LogP contribution in [0.25, 0.3) is 22.4 Å². The van der Waals surface area contributed by atoms with Crippen LogP contribution >= 0.6 is 11.3 Å². The number of hydrogen-bond donors (Lipinski definition) is 1. The molecule has 1 aromatic carbocycles. The first-order valence-electron chi connectivity index (χ1n) is 11.7. The second-order valence-electron chi connectivity index (χ2n) is 8.83. The molecular weight excluding hydrogens is 476 g/mol. The van der Waals surface area contributed by atoms with Crippen LogP contribution in [-0.4, -0.2) is 44.3 Å². The van der Waals surface area contributed by atoms with E-state index in [9.17, 15) is 9.59 Å². The summed E-state index contributed by atoms with van der Waals surface area (Å²) in [5, 5.41) is 14.8. The van der Waals surface area contributed by atoms with Gasteiger partial charge in [-0.3, -0.25) is 14.6 Å². The lowest BCUT2D eigenvalue weighted by molar-refractivity contribution is -0.128. The van der Waals surface area contributed by atoms with E-state index in [1.807, 2.05) is 31.4 Å². The van der Waals surface area contributed by atoms with Gasteiger partial charge in [-0.1, -0.05) is 0 Å². The summed E-state index contributed by atoms with van der Waals surface area (Å²) in [5.74, 6) is -0.845. The lowest BCUT2D eigenvalue weighted by Gasteiger charge is -2.37. The molecule has 10 heteroatoms. The summed E-state index contributed by atoms with van der Waals surface area (Å²) in [6, 6.07) is 10.5. The van der Waals surface area contributed by atoms with Crippen molar-refractivity contribution >= 4 is 34.3 Å². The Bertz CT molecular complexity index is 1470. The number of pyridine rings is 1. The standard InChI is InChI=1S/C26H24N6O3S/c1-15-5-7-18(12-28-15)21-14-36-23(30-21)13-29-24(33)19-4-3-9-32(16(19)2)26(34)25-31-20-10-17(11-27)6-8-22(20)35-25/h5-8,10,12,14,16,19H,3-4,9,13H2,1-2H3,(H,29,33)/t16-,19-/m1/s1. The summed E-state index contributed by atoms with van der Waals surface area (Å²) in [4.78, 5) is 41.1. The van der Waals surface area contributed by atoms with Gasteiger partial charge in [0, 0.05) is 35.4 Å². The molecule has 4 heterocycles. The quantitative estimate of drug-likeness (QED) is 0.438. The van der Waals surface area contributed by atoms with Gasteiger partial charge in [0.25, 0.3) is 5.89 Å². The fraction of sp³-hybridized carbons (Fsp3) is 0.308. The number of nitriles is 1. The molecular formula is C26H24N6O3S. The van der Waals surface area contributed by atoms with Crippen molar-refractivity contribution in [2.24, 2.45) is 5.92 Å². The summed E-state index contributed by atoms with van der Waals surface area (Å²) in [6.45, 7) is 4.66. The fourth-order valence-corrected chi connectivity index (χ4v) is 5.17. The third kappa shape index (κ3) is 4.70. The maximum absolute atomic E-state index is 13.2. The molecule has 0 aliphatic carbocycles. The monoisotopic (exact) mass is 500 g/mol. The molecule has 1 aliphatic rings. The van der Waals surface area contributed by atoms with Crippen molar-refractivity contribution in [3.8, 4) is 17.3 Å². The van der Waals surface area contributed by atoms with Gasteiger partial charge in [0.1, 0.15) is 10.5 Å². The molecule has 9 nitrogen and oxygen atoms in total. The number of rotatable bonds is 5. The molecule has 0 spiro atoms. The van der Waals surface area contributed by atoms with E-state index < -0.39 is 0 Å². The van der Waals surface area contributed by atoms with Crippen LogP contribution in [0.5, 0.6) is 0 Å². The Morgan fingerprint density at radius 1 is 1.28 bits per heavy atom. The molecule has 0 saturated carbocycles. The molecule has 1 N–H and O–H groups in total. The number of oxazole rings is 1. The van der Waals surface area contributed by atoms with E-state index in [-0.39, 0.29) is 29.7 Å². The topological polar surface area (TPSA) is 125 Å². The minimum absolute atomic E-state index is 0.0334. The van der Waals surface area contributed by atoms with E-state index >= 15 is 0 Å². The maximum atomic E-state index is 13.2. The predicted octanol–water partition coefficient (Wildman–Crippen LogP) is 4.08. The third-order valence-corrected chi connectivity index (χ3v) is 7.31. The number of aromatic nitrogens is 3. The molecule has 1 aliphatic heterocycles. The first kappa shape index (κ1) is 23.6. The van der Waals surface area contributed by atoms with Gasteiger partial charge in [0.2, 0.25) is 5.91 Å². The van der Waals surface area contributed by atoms with Crippen molar-refractivity contribution in [2.75, 3.05) is 6.54 Å². The molecule has 4 aromatic rings. The lowest BCUT2D eigenvalue weighted by atomic mass is 9.89. The second-order valence-corrected chi connectivity index (χ2v) is 9.78. The van der Waals surface area contributed by atoms with Crippen LogP contribution in [0.4, 0.5) is 0 Å². The summed E-state index contributed by atoms with van der Waals surface area (Å²) < 4.78 is 5.65. The highest BCUT2D eigenvalue weighted by molar-refractivity contribution is 7.09. The van der Waals surface area contributed by atoms with Crippen molar-refractivity contribution in [2.45, 2.75) is 39.3 Å². The number of nitrogens with zero attached hydrogens (tertiary/aromatic N) is 5. The molecule has 36 heavy (non-hydrogen) atoms. The number of carbonyl (C=O) groups is 2. The highest BCUT2D eigenvalue weighted by Crippen LogP contribution is 2.27. The van der Waals surface area contributed by atoms with E-state index in [0.29, 0.717) is 42.6 Å². The van der Waals surface area contributed by atoms with E-state index in [4.69, 9.17) is 9.68 Å². The van der Waals surface area contributed by atoms with Gasteiger partial charge in [0.05, 0.1) is 29.8 Å². The largest absolute Gasteiger partial charge is 0.432 e. The van der Waals surface area contributed by atoms with E-state index in [1.54, 1.807) is 29.3 Å². The van der Waals surface area contributed by atoms with Crippen LogP contribution in [0, 0.1) is 24.2 Å². The van der Waals surface area contributed by atoms with Crippen molar-refractivity contribution < 1.29 is 14.0 Å². The fourth-order valence-electron chi connectivity index (χ4n) is 4.43. The highest BCUT2D eigenvalue weighted by atomic mass is 32.1. The number of aryl methyl sites for hydroxylation is 1. The summed E-state index contributed by atoms with van der Waals surface area (Å²) in [5.41, 5.74) is 4.06. The van der Waals surface area contributed by atoms with Crippen LogP contribution in [0.15, 0.2) is 46.3 Å². The van der Waals surface area contributed by atoms with E-state index in [1.165, 1.54) is 11.3 Å². The van der Waals surface area contributed by atoms with Gasteiger partial charge < -0.3 is 14.6 Å². The number of piperidine rings is 1. The Labute approximate surface area is 211 Å². The number of likely N-dealkylation sites (tertiary alicyclic amines) is 1. The van der Waals surface area contributed by atoms with Crippen LogP contribution in [0.1, 0.15) is 46.7 Å². The Morgan fingerprint density at radius 3 is 2.92 bits per heavy atom. The number of benzene rings is 1. The molecule has 2 amide bonds. The minimum atomic E-state index is -0.356. The van der Waals surface area contributed by atoms with E-state index in [0.717, 1.165) is 22.0 Å². The molecule has 0 bridgehead atoms. The summed E-state index contributed by atoms with van der Waals surface area (Å²) in [7, 11) is 0. The van der Waals surface area contributed by atoms with Crippen LogP contribution in [0.3, 0.4) is 0 Å². The number of fused-ring (bicyclic) bond motifs is 1. The molecule has 182 valence electrons. The molecule has 1 saturated heterocycles. The number of nitrogens with one attached hydrogen (secondary N) is 1. The zero-order valence-electron chi connectivity index (χ0n) is 19.9. The van der Waals surface area contributed by atoms with Gasteiger partial charge in [-0.05, 0) is 57.0 Å². The van der Waals surface area contributed by atoms with Gasteiger partial charge in [-0.2, -0.15) is 5.26 Å². The summed E-state index contributed by atoms with van der Waals surface area (Å²) in [6.07, 6.45) is 3.18. The van der Waals surface area contributed by atoms with Crippen molar-refractivity contribution in [1.29, 1.82) is 5.26 Å². The molecule has 5 rings (SSSR count).